The molecule has 60 valence electrons. The van der Waals surface area contributed by atoms with Crippen molar-refractivity contribution < 1.29 is 4.79 Å². The molecule has 0 aliphatic heterocycles. The van der Waals surface area contributed by atoms with E-state index in [0.717, 1.165) is 18.5 Å². The van der Waals surface area contributed by atoms with Gasteiger partial charge in [-0.05, 0) is 10.4 Å². The Morgan fingerprint density at radius 1 is 1.64 bits per heavy atom. The van der Waals surface area contributed by atoms with E-state index < -0.39 is 0 Å². The van der Waals surface area contributed by atoms with Crippen molar-refractivity contribution in [3.63, 3.8) is 0 Å². The van der Waals surface area contributed by atoms with Gasteiger partial charge in [-0.25, -0.2) is 4.68 Å². The lowest BCUT2D eigenvalue weighted by molar-refractivity contribution is -0.108. The topological polar surface area (TPSA) is 60.7 Å². The molecule has 5 nitrogen and oxygen atoms in total. The van der Waals surface area contributed by atoms with E-state index in [-0.39, 0.29) is 0 Å². The van der Waals surface area contributed by atoms with Crippen molar-refractivity contribution in [3.05, 3.63) is 5.82 Å². The number of tetrazole rings is 1. The van der Waals surface area contributed by atoms with Crippen LogP contribution in [0, 0.1) is 0 Å². The number of aromatic nitrogens is 4. The fourth-order valence-corrected chi connectivity index (χ4v) is 0.825. The van der Waals surface area contributed by atoms with E-state index in [2.05, 4.69) is 15.5 Å². The SMILES string of the molecule is CCc1nnnn1CCC=O. The Balaban J connectivity index is 2.60. The number of aryl methyl sites for hydroxylation is 2. The molecule has 0 fully saturated rings. The fraction of sp³-hybridized carbons (Fsp3) is 0.667. The van der Waals surface area contributed by atoms with Gasteiger partial charge in [-0.1, -0.05) is 6.92 Å². The van der Waals surface area contributed by atoms with Gasteiger partial charge in [0.25, 0.3) is 0 Å². The maximum Gasteiger partial charge on any atom is 0.150 e. The van der Waals surface area contributed by atoms with Crippen LogP contribution in [0.3, 0.4) is 0 Å². The highest BCUT2D eigenvalue weighted by Gasteiger charge is 2.00. The Morgan fingerprint density at radius 2 is 2.45 bits per heavy atom. The number of hydrogen-bond acceptors (Lipinski definition) is 4. The number of rotatable bonds is 4. The van der Waals surface area contributed by atoms with Gasteiger partial charge in [-0.15, -0.1) is 5.10 Å². The molecular weight excluding hydrogens is 144 g/mol. The summed E-state index contributed by atoms with van der Waals surface area (Å²) in [5.41, 5.74) is 0. The molecule has 0 unspecified atom stereocenters. The third kappa shape index (κ3) is 1.83. The van der Waals surface area contributed by atoms with Crippen LogP contribution in [0.25, 0.3) is 0 Å². The van der Waals surface area contributed by atoms with E-state index in [1.54, 1.807) is 4.68 Å². The van der Waals surface area contributed by atoms with Gasteiger partial charge in [0.15, 0.2) is 5.82 Å². The summed E-state index contributed by atoms with van der Waals surface area (Å²) in [5.74, 6) is 0.826. The predicted octanol–water partition coefficient (Wildman–Crippen LogP) is -0.176. The van der Waals surface area contributed by atoms with Crippen molar-refractivity contribution in [1.29, 1.82) is 0 Å². The summed E-state index contributed by atoms with van der Waals surface area (Å²) in [6.07, 6.45) is 2.13. The Morgan fingerprint density at radius 3 is 3.09 bits per heavy atom. The molecule has 0 saturated carbocycles. The smallest absolute Gasteiger partial charge is 0.150 e. The van der Waals surface area contributed by atoms with E-state index in [1.807, 2.05) is 6.92 Å². The summed E-state index contributed by atoms with van der Waals surface area (Å²) in [6, 6.07) is 0. The van der Waals surface area contributed by atoms with Crippen LogP contribution in [-0.2, 0) is 17.8 Å². The molecule has 11 heavy (non-hydrogen) atoms. The number of nitrogens with zero attached hydrogens (tertiary/aromatic N) is 4. The number of carbonyl (C=O) groups is 1. The highest BCUT2D eigenvalue weighted by molar-refractivity contribution is 5.48. The average molecular weight is 154 g/mol. The molecule has 0 aliphatic rings. The molecule has 0 spiro atoms. The molecule has 0 radical (unpaired) electrons. The van der Waals surface area contributed by atoms with E-state index in [9.17, 15) is 4.79 Å². The summed E-state index contributed by atoms with van der Waals surface area (Å²) in [4.78, 5) is 10.0. The molecule has 1 aromatic rings. The van der Waals surface area contributed by atoms with Crippen molar-refractivity contribution in [2.24, 2.45) is 0 Å². The van der Waals surface area contributed by atoms with Gasteiger partial charge in [-0.2, -0.15) is 0 Å². The zero-order chi connectivity index (χ0) is 8.10. The normalized spacial score (nSPS) is 9.91. The Labute approximate surface area is 64.4 Å². The van der Waals surface area contributed by atoms with Crippen LogP contribution in [0.1, 0.15) is 19.2 Å². The van der Waals surface area contributed by atoms with Crippen LogP contribution in [0.4, 0.5) is 0 Å². The zero-order valence-corrected chi connectivity index (χ0v) is 6.40. The maximum atomic E-state index is 10.0. The molecule has 0 aliphatic carbocycles. The number of carbonyl (C=O) groups excluding carboxylic acids is 1. The van der Waals surface area contributed by atoms with Gasteiger partial charge < -0.3 is 4.79 Å². The minimum atomic E-state index is 0.470. The van der Waals surface area contributed by atoms with Crippen LogP contribution < -0.4 is 0 Å². The van der Waals surface area contributed by atoms with Crippen molar-refractivity contribution >= 4 is 6.29 Å². The Kier molecular flexibility index (Phi) is 2.71. The van der Waals surface area contributed by atoms with Crippen LogP contribution in [-0.4, -0.2) is 26.5 Å². The van der Waals surface area contributed by atoms with E-state index in [4.69, 9.17) is 0 Å². The summed E-state index contributed by atoms with van der Waals surface area (Å²) >= 11 is 0. The minimum absolute atomic E-state index is 0.470. The monoisotopic (exact) mass is 154 g/mol. The number of aldehydes is 1. The van der Waals surface area contributed by atoms with Crippen molar-refractivity contribution in [1.82, 2.24) is 20.2 Å². The van der Waals surface area contributed by atoms with Crippen LogP contribution >= 0.6 is 0 Å². The first kappa shape index (κ1) is 7.84. The molecular formula is C6H10N4O. The molecule has 5 heteroatoms. The summed E-state index contributed by atoms with van der Waals surface area (Å²) in [5, 5.41) is 11.0. The van der Waals surface area contributed by atoms with Gasteiger partial charge >= 0.3 is 0 Å². The molecule has 1 aromatic heterocycles. The van der Waals surface area contributed by atoms with Crippen LogP contribution in [0.2, 0.25) is 0 Å². The zero-order valence-electron chi connectivity index (χ0n) is 6.40. The van der Waals surface area contributed by atoms with Crippen molar-refractivity contribution in [3.8, 4) is 0 Å². The molecule has 1 heterocycles. The van der Waals surface area contributed by atoms with Gasteiger partial charge in [0.2, 0.25) is 0 Å². The lowest BCUT2D eigenvalue weighted by atomic mass is 10.4. The first-order valence-corrected chi connectivity index (χ1v) is 3.57. The quantitative estimate of drug-likeness (QED) is 0.564. The largest absolute Gasteiger partial charge is 0.303 e. The second kappa shape index (κ2) is 3.80. The molecule has 0 amide bonds. The lowest BCUT2D eigenvalue weighted by Gasteiger charge is -1.96. The first-order valence-electron chi connectivity index (χ1n) is 3.57. The first-order chi connectivity index (χ1) is 5.38. The third-order valence-corrected chi connectivity index (χ3v) is 1.38. The van der Waals surface area contributed by atoms with Crippen LogP contribution in [0.15, 0.2) is 0 Å². The Bertz CT molecular complexity index is 232. The standard InChI is InChI=1S/C6H10N4O/c1-2-6-7-8-9-10(6)4-3-5-11/h5H,2-4H2,1H3. The van der Waals surface area contributed by atoms with Gasteiger partial charge in [0, 0.05) is 12.8 Å². The molecule has 0 N–H and O–H groups in total. The fourth-order valence-electron chi connectivity index (χ4n) is 0.825. The van der Waals surface area contributed by atoms with Crippen molar-refractivity contribution in [2.45, 2.75) is 26.3 Å². The van der Waals surface area contributed by atoms with E-state index >= 15 is 0 Å². The maximum absolute atomic E-state index is 10.0. The van der Waals surface area contributed by atoms with Gasteiger partial charge in [0.1, 0.15) is 6.29 Å². The summed E-state index contributed by atoms with van der Waals surface area (Å²) in [7, 11) is 0. The molecule has 0 aromatic carbocycles. The van der Waals surface area contributed by atoms with Gasteiger partial charge in [-0.3, -0.25) is 0 Å². The van der Waals surface area contributed by atoms with Crippen molar-refractivity contribution in [2.75, 3.05) is 0 Å². The second-order valence-electron chi connectivity index (χ2n) is 2.13. The van der Waals surface area contributed by atoms with Crippen LogP contribution in [0.5, 0.6) is 0 Å². The minimum Gasteiger partial charge on any atom is -0.303 e. The second-order valence-corrected chi connectivity index (χ2v) is 2.13. The average Bonchev–Trinajstić information content (AvgIpc) is 2.47. The van der Waals surface area contributed by atoms with E-state index in [0.29, 0.717) is 13.0 Å². The Hall–Kier alpha value is -1.26. The third-order valence-electron chi connectivity index (χ3n) is 1.38. The highest BCUT2D eigenvalue weighted by Crippen LogP contribution is 1.93. The summed E-state index contributed by atoms with van der Waals surface area (Å²) in [6.45, 7) is 2.56. The van der Waals surface area contributed by atoms with Gasteiger partial charge in [0.05, 0.1) is 6.54 Å². The molecule has 0 atom stereocenters. The predicted molar refractivity (Wildman–Crippen MR) is 37.9 cm³/mol. The molecule has 0 saturated heterocycles. The van der Waals surface area contributed by atoms with E-state index in [1.165, 1.54) is 0 Å². The molecule has 1 rings (SSSR count). The summed E-state index contributed by atoms with van der Waals surface area (Å²) < 4.78 is 1.65. The highest BCUT2D eigenvalue weighted by atomic mass is 16.1. The lowest BCUT2D eigenvalue weighted by Crippen LogP contribution is -2.05. The molecule has 0 bridgehead atoms. The number of hydrogen-bond donors (Lipinski definition) is 0.